The lowest BCUT2D eigenvalue weighted by molar-refractivity contribution is 0.472. The van der Waals surface area contributed by atoms with E-state index in [0.717, 1.165) is 61.3 Å². The minimum absolute atomic E-state index is 0.0144. The molecule has 0 aliphatic carbocycles. The van der Waals surface area contributed by atoms with Crippen LogP contribution < -0.4 is 0 Å². The molecule has 0 atom stereocenters. The van der Waals surface area contributed by atoms with Gasteiger partial charge in [-0.2, -0.15) is 0 Å². The second-order valence-electron chi connectivity index (χ2n) is 16.9. The van der Waals surface area contributed by atoms with Crippen molar-refractivity contribution in [3.05, 3.63) is 167 Å². The number of para-hydroxylation sites is 1. The van der Waals surface area contributed by atoms with Crippen molar-refractivity contribution in [3.63, 3.8) is 0 Å². The highest BCUT2D eigenvalue weighted by atomic mass is 16.3. The number of phenols is 1. The smallest absolute Gasteiger partial charge is 0.149 e. The first-order valence-corrected chi connectivity index (χ1v) is 20.0. The highest BCUT2D eigenvalue weighted by Crippen LogP contribution is 2.42. The van der Waals surface area contributed by atoms with Gasteiger partial charge in [0.25, 0.3) is 0 Å². The first-order chi connectivity index (χ1) is 31.7. The Kier molecular flexibility index (Phi) is 7.84. The third kappa shape index (κ3) is 7.60. The molecule has 2 heterocycles. The summed E-state index contributed by atoms with van der Waals surface area (Å²) in [6.45, 7) is 14.8. The maximum Gasteiger partial charge on any atom is 0.149 e. The quantitative estimate of drug-likeness (QED) is 0.167. The van der Waals surface area contributed by atoms with Gasteiger partial charge in [-0.1, -0.05) is 133 Å². The van der Waals surface area contributed by atoms with Gasteiger partial charge in [-0.3, -0.25) is 9.55 Å². The molecule has 0 amide bonds. The minimum Gasteiger partial charge on any atom is -0.507 e. The molecule has 0 radical (unpaired) electrons. The molecule has 0 aliphatic rings. The number of aryl methyl sites for hydroxylation is 2. The van der Waals surface area contributed by atoms with E-state index in [-0.39, 0.29) is 16.7 Å². The second kappa shape index (κ2) is 15.5. The van der Waals surface area contributed by atoms with Crippen LogP contribution in [0.4, 0.5) is 0 Å². The predicted octanol–water partition coefficient (Wildman–Crippen LogP) is 14.9. The fraction of sp³-hybridized carbons (Fsp3) is 0.236. The maximum atomic E-state index is 11.7. The third-order valence-electron chi connectivity index (χ3n) is 11.0. The molecule has 0 saturated heterocycles. The summed E-state index contributed by atoms with van der Waals surface area (Å²) in [6.07, 6.45) is 1.55. The zero-order chi connectivity index (χ0) is 49.6. The van der Waals surface area contributed by atoms with Gasteiger partial charge in [0.2, 0.25) is 0 Å². The Morgan fingerprint density at radius 2 is 1.36 bits per heavy atom. The van der Waals surface area contributed by atoms with Crippen LogP contribution in [0.5, 0.6) is 5.75 Å². The van der Waals surface area contributed by atoms with E-state index in [0.29, 0.717) is 33.7 Å². The van der Waals surface area contributed by atoms with Gasteiger partial charge in [0, 0.05) is 29.9 Å². The molecule has 4 nitrogen and oxygen atoms in total. The monoisotopic (exact) mass is 782 g/mol. The van der Waals surface area contributed by atoms with Crippen LogP contribution in [0, 0.1) is 20.7 Å². The molecule has 0 spiro atoms. The van der Waals surface area contributed by atoms with Crippen molar-refractivity contribution >= 4 is 11.0 Å². The standard InChI is InChI=1S/C55H55N3O/c1-33(2)45-13-11-14-46(34(3)4)51(45)39-21-23-44(24-22-39)58-50-16-12-15-47(52(50)57-54(58)48-28-36(6)27-37(7)53(48)59)41-29-42(31-43(30-41)55(8,9)10)49-32-40(25-26-56-49)38-19-17-35(5)18-20-38/h11-34,59H,1-10H3/i5D3,17D,18D,19D,20D,33D,34D. The van der Waals surface area contributed by atoms with E-state index in [2.05, 4.69) is 37.5 Å². The third-order valence-corrected chi connectivity index (χ3v) is 11.0. The molecule has 8 aromatic rings. The molecular formula is C55H55N3O. The normalized spacial score (nSPS) is 14.7. The Labute approximate surface area is 362 Å². The Balaban J connectivity index is 1.34. The number of fused-ring (bicyclic) bond motifs is 1. The molecule has 0 aliphatic heterocycles. The van der Waals surface area contributed by atoms with E-state index < -0.39 is 48.4 Å². The lowest BCUT2D eigenvalue weighted by Gasteiger charge is -2.22. The molecule has 4 heteroatoms. The number of nitrogens with zero attached hydrogens (tertiary/aromatic N) is 3. The van der Waals surface area contributed by atoms with Gasteiger partial charge in [-0.15, -0.1) is 0 Å². The maximum absolute atomic E-state index is 11.7. The van der Waals surface area contributed by atoms with E-state index in [1.807, 2.05) is 120 Å². The molecule has 8 rings (SSSR count). The van der Waals surface area contributed by atoms with Crippen molar-refractivity contribution in [3.8, 4) is 67.5 Å². The average Bonchev–Trinajstić information content (AvgIpc) is 3.65. The van der Waals surface area contributed by atoms with Crippen LogP contribution in [0.25, 0.3) is 72.7 Å². The molecule has 6 aromatic carbocycles. The van der Waals surface area contributed by atoms with Crippen LogP contribution >= 0.6 is 0 Å². The van der Waals surface area contributed by atoms with Crippen molar-refractivity contribution in [1.29, 1.82) is 0 Å². The molecule has 2 aromatic heterocycles. The highest BCUT2D eigenvalue weighted by molar-refractivity contribution is 5.97. The molecule has 0 unspecified atom stereocenters. The molecule has 0 bridgehead atoms. The summed E-state index contributed by atoms with van der Waals surface area (Å²) in [5.41, 5.74) is 11.2. The average molecular weight is 783 g/mol. The number of benzene rings is 6. The largest absolute Gasteiger partial charge is 0.507 e. The summed E-state index contributed by atoms with van der Waals surface area (Å²) in [5.74, 6) is -1.19. The van der Waals surface area contributed by atoms with Gasteiger partial charge in [-0.05, 0) is 142 Å². The lowest BCUT2D eigenvalue weighted by Crippen LogP contribution is -2.11. The Hall–Kier alpha value is -6.26. The van der Waals surface area contributed by atoms with E-state index in [1.165, 1.54) is 0 Å². The molecule has 1 N–H and O–H groups in total. The van der Waals surface area contributed by atoms with E-state index >= 15 is 0 Å². The Morgan fingerprint density at radius 1 is 0.678 bits per heavy atom. The Morgan fingerprint density at radius 3 is 2.02 bits per heavy atom. The topological polar surface area (TPSA) is 50.9 Å². The summed E-state index contributed by atoms with van der Waals surface area (Å²) in [4.78, 5) is 10.1. The fourth-order valence-electron chi connectivity index (χ4n) is 7.94. The number of hydrogen-bond acceptors (Lipinski definition) is 3. The second-order valence-corrected chi connectivity index (χ2v) is 16.9. The molecule has 296 valence electrons. The van der Waals surface area contributed by atoms with Crippen molar-refractivity contribution in [2.45, 2.75) is 86.4 Å². The van der Waals surface area contributed by atoms with Gasteiger partial charge in [0.15, 0.2) is 0 Å². The van der Waals surface area contributed by atoms with E-state index in [1.54, 1.807) is 18.3 Å². The van der Waals surface area contributed by atoms with Crippen LogP contribution in [0.1, 0.15) is 106 Å². The number of imidazole rings is 1. The molecule has 0 fully saturated rings. The zero-order valence-corrected chi connectivity index (χ0v) is 35.2. The highest BCUT2D eigenvalue weighted by Gasteiger charge is 2.24. The van der Waals surface area contributed by atoms with Crippen molar-refractivity contribution < 1.29 is 17.4 Å². The SMILES string of the molecule is [2H]c1c([2H])c(C([2H])([2H])[2H])c([2H])c([2H])c1-c1ccnc(-c2cc(-c3cccc4c3nc(-c3cc(C)cc(C)c3O)n4-c3ccc(-c4c(C([2H])(C)C)cccc4C([2H])(C)C)cc3)cc(C(C)(C)C)c2)c1. The van der Waals surface area contributed by atoms with Gasteiger partial charge in [0.05, 0.1) is 27.8 Å². The summed E-state index contributed by atoms with van der Waals surface area (Å²) >= 11 is 0. The van der Waals surface area contributed by atoms with Gasteiger partial charge < -0.3 is 5.11 Å². The predicted molar refractivity (Wildman–Crippen MR) is 249 cm³/mol. The fourth-order valence-corrected chi connectivity index (χ4v) is 7.94. The first-order valence-electron chi connectivity index (χ1n) is 24.5. The number of rotatable bonds is 8. The number of aromatic hydroxyl groups is 1. The van der Waals surface area contributed by atoms with Gasteiger partial charge in [-0.25, -0.2) is 4.98 Å². The zero-order valence-electron chi connectivity index (χ0n) is 44.2. The summed E-state index contributed by atoms with van der Waals surface area (Å²) < 4.78 is 78.5. The van der Waals surface area contributed by atoms with Crippen LogP contribution in [0.15, 0.2) is 133 Å². The van der Waals surface area contributed by atoms with Crippen molar-refractivity contribution in [2.75, 3.05) is 0 Å². The molecular weight excluding hydrogens is 719 g/mol. The number of hydrogen-bond donors (Lipinski definition) is 1. The summed E-state index contributed by atoms with van der Waals surface area (Å²) in [5, 5.41) is 11.7. The van der Waals surface area contributed by atoms with Crippen LogP contribution in [0.2, 0.25) is 0 Å². The van der Waals surface area contributed by atoms with Crippen molar-refractivity contribution in [2.24, 2.45) is 0 Å². The van der Waals surface area contributed by atoms with Gasteiger partial charge >= 0.3 is 0 Å². The van der Waals surface area contributed by atoms with E-state index in [4.69, 9.17) is 22.3 Å². The number of pyridine rings is 1. The van der Waals surface area contributed by atoms with E-state index in [9.17, 15) is 5.11 Å². The summed E-state index contributed by atoms with van der Waals surface area (Å²) in [7, 11) is 0. The van der Waals surface area contributed by atoms with Crippen LogP contribution in [-0.2, 0) is 5.41 Å². The molecule has 0 saturated carbocycles. The lowest BCUT2D eigenvalue weighted by atomic mass is 9.83. The van der Waals surface area contributed by atoms with Gasteiger partial charge in [0.1, 0.15) is 11.6 Å². The summed E-state index contributed by atoms with van der Waals surface area (Å²) in [6, 6.07) is 31.3. The molecule has 59 heavy (non-hydrogen) atoms. The van der Waals surface area contributed by atoms with Crippen LogP contribution in [0.3, 0.4) is 0 Å². The minimum atomic E-state index is -2.83. The van der Waals surface area contributed by atoms with Crippen LogP contribution in [-0.4, -0.2) is 19.6 Å². The first kappa shape index (κ1) is 29.9. The van der Waals surface area contributed by atoms with Crippen molar-refractivity contribution in [1.82, 2.24) is 14.5 Å². The number of phenolic OH excluding ortho intramolecular Hbond substituents is 1. The Bertz CT molecular complexity index is 3230. The number of aromatic nitrogens is 3.